The molecule has 0 spiro atoms. The minimum atomic E-state index is 0.664. The molecule has 114 valence electrons. The van der Waals surface area contributed by atoms with E-state index in [1.54, 1.807) is 0 Å². The van der Waals surface area contributed by atoms with E-state index in [9.17, 15) is 0 Å². The summed E-state index contributed by atoms with van der Waals surface area (Å²) in [4.78, 5) is 2.60. The van der Waals surface area contributed by atoms with Crippen molar-refractivity contribution in [1.82, 2.24) is 20.0 Å². The van der Waals surface area contributed by atoms with E-state index < -0.39 is 0 Å². The zero-order valence-corrected chi connectivity index (χ0v) is 13.7. The van der Waals surface area contributed by atoms with Crippen molar-refractivity contribution in [3.8, 4) is 0 Å². The summed E-state index contributed by atoms with van der Waals surface area (Å²) < 4.78 is 1.98. The Labute approximate surface area is 123 Å². The average molecular weight is 278 g/mol. The highest BCUT2D eigenvalue weighted by Crippen LogP contribution is 2.15. The summed E-state index contributed by atoms with van der Waals surface area (Å²) in [5.74, 6) is 0.778. The first kappa shape index (κ1) is 15.5. The fraction of sp³-hybridized carbons (Fsp3) is 0.812. The topological polar surface area (TPSA) is 33.1 Å². The Morgan fingerprint density at radius 1 is 1.25 bits per heavy atom. The van der Waals surface area contributed by atoms with Crippen molar-refractivity contribution in [3.05, 3.63) is 17.0 Å². The normalized spacial score (nSPS) is 18.1. The van der Waals surface area contributed by atoms with Crippen LogP contribution in [0.5, 0.6) is 0 Å². The number of aryl methyl sites for hydroxylation is 2. The standard InChI is InChI=1S/C16H30N4/c1-12(2)11-20-8-6-15(7-9-20)17-10-16-13(3)18-19(5)14(16)4/h12,15,17H,6-11H2,1-5H3. The maximum absolute atomic E-state index is 4.49. The fourth-order valence-corrected chi connectivity index (χ4v) is 3.16. The van der Waals surface area contributed by atoms with Crippen LogP contribution in [0.4, 0.5) is 0 Å². The summed E-state index contributed by atoms with van der Waals surface area (Å²) in [6.45, 7) is 13.5. The first-order valence-electron chi connectivity index (χ1n) is 7.92. The number of hydrogen-bond donors (Lipinski definition) is 1. The molecular weight excluding hydrogens is 248 g/mol. The predicted molar refractivity (Wildman–Crippen MR) is 83.8 cm³/mol. The fourth-order valence-electron chi connectivity index (χ4n) is 3.16. The van der Waals surface area contributed by atoms with E-state index >= 15 is 0 Å². The van der Waals surface area contributed by atoms with Crippen molar-refractivity contribution >= 4 is 0 Å². The van der Waals surface area contributed by atoms with Crippen LogP contribution >= 0.6 is 0 Å². The Morgan fingerprint density at radius 3 is 2.40 bits per heavy atom. The summed E-state index contributed by atoms with van der Waals surface area (Å²) in [6.07, 6.45) is 2.54. The van der Waals surface area contributed by atoms with Gasteiger partial charge in [-0.2, -0.15) is 5.10 Å². The van der Waals surface area contributed by atoms with Gasteiger partial charge in [-0.05, 0) is 45.7 Å². The minimum absolute atomic E-state index is 0.664. The van der Waals surface area contributed by atoms with Gasteiger partial charge in [-0.15, -0.1) is 0 Å². The van der Waals surface area contributed by atoms with Crippen LogP contribution in [0.2, 0.25) is 0 Å². The van der Waals surface area contributed by atoms with Gasteiger partial charge in [0.25, 0.3) is 0 Å². The lowest BCUT2D eigenvalue weighted by Gasteiger charge is -2.33. The Kier molecular flexibility index (Phi) is 5.22. The number of hydrogen-bond acceptors (Lipinski definition) is 3. The van der Waals surface area contributed by atoms with Crippen LogP contribution < -0.4 is 5.32 Å². The molecule has 20 heavy (non-hydrogen) atoms. The zero-order chi connectivity index (χ0) is 14.7. The average Bonchev–Trinajstić information content (AvgIpc) is 2.62. The zero-order valence-electron chi connectivity index (χ0n) is 13.7. The molecule has 1 aliphatic rings. The lowest BCUT2D eigenvalue weighted by Crippen LogP contribution is -2.43. The Bertz CT molecular complexity index is 428. The van der Waals surface area contributed by atoms with Crippen molar-refractivity contribution in [2.45, 2.75) is 53.1 Å². The van der Waals surface area contributed by atoms with E-state index in [1.165, 1.54) is 43.7 Å². The SMILES string of the molecule is Cc1nn(C)c(C)c1CNC1CCN(CC(C)C)CC1. The maximum atomic E-state index is 4.49. The van der Waals surface area contributed by atoms with E-state index in [-0.39, 0.29) is 0 Å². The molecule has 1 N–H and O–H groups in total. The van der Waals surface area contributed by atoms with Crippen LogP contribution in [0.15, 0.2) is 0 Å². The van der Waals surface area contributed by atoms with Gasteiger partial charge in [0.05, 0.1) is 5.69 Å². The van der Waals surface area contributed by atoms with Crippen molar-refractivity contribution in [1.29, 1.82) is 0 Å². The van der Waals surface area contributed by atoms with Gasteiger partial charge in [0, 0.05) is 37.4 Å². The second kappa shape index (κ2) is 6.72. The van der Waals surface area contributed by atoms with Crippen LogP contribution in [-0.2, 0) is 13.6 Å². The number of rotatable bonds is 5. The molecule has 0 aromatic carbocycles. The molecule has 1 fully saturated rings. The smallest absolute Gasteiger partial charge is 0.0641 e. The summed E-state index contributed by atoms with van der Waals surface area (Å²) in [5.41, 5.74) is 3.82. The van der Waals surface area contributed by atoms with Gasteiger partial charge in [-0.1, -0.05) is 13.8 Å². The quantitative estimate of drug-likeness (QED) is 0.897. The summed E-state index contributed by atoms with van der Waals surface area (Å²) in [7, 11) is 2.02. The summed E-state index contributed by atoms with van der Waals surface area (Å²) in [5, 5.41) is 8.21. The van der Waals surface area contributed by atoms with Crippen LogP contribution in [-0.4, -0.2) is 40.4 Å². The van der Waals surface area contributed by atoms with Gasteiger partial charge >= 0.3 is 0 Å². The Hall–Kier alpha value is -0.870. The van der Waals surface area contributed by atoms with E-state index in [4.69, 9.17) is 0 Å². The van der Waals surface area contributed by atoms with Crippen LogP contribution in [0.1, 0.15) is 43.6 Å². The molecule has 4 heteroatoms. The number of aromatic nitrogens is 2. The first-order valence-corrected chi connectivity index (χ1v) is 7.92. The number of nitrogens with one attached hydrogen (secondary N) is 1. The maximum Gasteiger partial charge on any atom is 0.0641 e. The molecule has 1 aliphatic heterocycles. The van der Waals surface area contributed by atoms with Gasteiger partial charge in [0.2, 0.25) is 0 Å². The largest absolute Gasteiger partial charge is 0.310 e. The molecule has 1 aromatic rings. The van der Waals surface area contributed by atoms with E-state index in [1.807, 2.05) is 11.7 Å². The highest BCUT2D eigenvalue weighted by atomic mass is 15.3. The summed E-state index contributed by atoms with van der Waals surface area (Å²) in [6, 6.07) is 0.664. The lowest BCUT2D eigenvalue weighted by molar-refractivity contribution is 0.179. The predicted octanol–water partition coefficient (Wildman–Crippen LogP) is 2.25. The summed E-state index contributed by atoms with van der Waals surface area (Å²) >= 11 is 0. The number of nitrogens with zero attached hydrogens (tertiary/aromatic N) is 3. The molecule has 0 unspecified atom stereocenters. The molecule has 0 aliphatic carbocycles. The number of piperidine rings is 1. The van der Waals surface area contributed by atoms with Crippen LogP contribution in [0.3, 0.4) is 0 Å². The molecule has 0 saturated carbocycles. The number of likely N-dealkylation sites (tertiary alicyclic amines) is 1. The Balaban J connectivity index is 1.79. The van der Waals surface area contributed by atoms with Gasteiger partial charge in [-0.3, -0.25) is 4.68 Å². The van der Waals surface area contributed by atoms with Gasteiger partial charge in [0.1, 0.15) is 0 Å². The molecule has 1 aromatic heterocycles. The van der Waals surface area contributed by atoms with Gasteiger partial charge in [0.15, 0.2) is 0 Å². The van der Waals surface area contributed by atoms with Gasteiger partial charge < -0.3 is 10.2 Å². The minimum Gasteiger partial charge on any atom is -0.310 e. The monoisotopic (exact) mass is 278 g/mol. The highest BCUT2D eigenvalue weighted by molar-refractivity contribution is 5.24. The molecule has 4 nitrogen and oxygen atoms in total. The lowest BCUT2D eigenvalue weighted by atomic mass is 10.0. The molecule has 0 atom stereocenters. The molecule has 2 heterocycles. The van der Waals surface area contributed by atoms with Crippen molar-refractivity contribution in [3.63, 3.8) is 0 Å². The van der Waals surface area contributed by atoms with Crippen LogP contribution in [0, 0.1) is 19.8 Å². The molecule has 2 rings (SSSR count). The van der Waals surface area contributed by atoms with Crippen molar-refractivity contribution in [2.24, 2.45) is 13.0 Å². The van der Waals surface area contributed by atoms with Gasteiger partial charge in [-0.25, -0.2) is 0 Å². The molecule has 1 saturated heterocycles. The highest BCUT2D eigenvalue weighted by Gasteiger charge is 2.20. The third-order valence-corrected chi connectivity index (χ3v) is 4.44. The molecule has 0 amide bonds. The van der Waals surface area contributed by atoms with Crippen molar-refractivity contribution < 1.29 is 0 Å². The third kappa shape index (κ3) is 3.83. The molecule has 0 bridgehead atoms. The van der Waals surface area contributed by atoms with E-state index in [2.05, 4.69) is 43.0 Å². The third-order valence-electron chi connectivity index (χ3n) is 4.44. The molecule has 0 radical (unpaired) electrons. The van der Waals surface area contributed by atoms with Crippen molar-refractivity contribution in [2.75, 3.05) is 19.6 Å². The first-order chi connectivity index (χ1) is 9.47. The Morgan fingerprint density at radius 2 is 1.90 bits per heavy atom. The van der Waals surface area contributed by atoms with E-state index in [0.29, 0.717) is 6.04 Å². The second-order valence-electron chi connectivity index (χ2n) is 6.62. The second-order valence-corrected chi connectivity index (χ2v) is 6.62. The van der Waals surface area contributed by atoms with E-state index in [0.717, 1.165) is 18.2 Å². The van der Waals surface area contributed by atoms with Crippen LogP contribution in [0.25, 0.3) is 0 Å². The molecular formula is C16H30N4.